The molecule has 2 heterocycles. The van der Waals surface area contributed by atoms with Gasteiger partial charge in [0.1, 0.15) is 11.9 Å². The molecule has 1 N–H and O–H groups in total. The molecule has 1 fully saturated rings. The summed E-state index contributed by atoms with van der Waals surface area (Å²) in [6.45, 7) is 9.11. The highest BCUT2D eigenvalue weighted by molar-refractivity contribution is 5.93. The Morgan fingerprint density at radius 2 is 2.04 bits per heavy atom. The van der Waals surface area contributed by atoms with Crippen LogP contribution in [0, 0.1) is 31.1 Å². The molecule has 0 saturated carbocycles. The summed E-state index contributed by atoms with van der Waals surface area (Å²) < 4.78 is 2.04. The molecule has 0 radical (unpaired) electrons. The number of carbonyl (C=O) groups excluding carboxylic acids is 1. The molecular weight excluding hydrogens is 336 g/mol. The second kappa shape index (κ2) is 8.41. The minimum Gasteiger partial charge on any atom is -0.326 e. The zero-order valence-corrected chi connectivity index (χ0v) is 16.5. The number of nitriles is 1. The number of piperidine rings is 1. The Labute approximate surface area is 161 Å². The highest BCUT2D eigenvalue weighted by Crippen LogP contribution is 2.27. The van der Waals surface area contributed by atoms with Crippen LogP contribution in [0.3, 0.4) is 0 Å². The molecule has 142 valence electrons. The number of nitrogens with one attached hydrogen (secondary N) is 1. The molecule has 0 bridgehead atoms. The minimum atomic E-state index is -0.0487. The Kier molecular flexibility index (Phi) is 5.98. The van der Waals surface area contributed by atoms with Crippen molar-refractivity contribution < 1.29 is 4.79 Å². The molecular formula is C22H28N4O. The van der Waals surface area contributed by atoms with Gasteiger partial charge >= 0.3 is 0 Å². The van der Waals surface area contributed by atoms with Crippen molar-refractivity contribution in [2.24, 2.45) is 5.92 Å². The molecule has 1 saturated heterocycles. The first-order chi connectivity index (χ1) is 13.0. The predicted octanol–water partition coefficient (Wildman–Crippen LogP) is 3.70. The average molecular weight is 364 g/mol. The van der Waals surface area contributed by atoms with Gasteiger partial charge in [0.05, 0.1) is 12.1 Å². The summed E-state index contributed by atoms with van der Waals surface area (Å²) in [5.74, 6) is 1.20. The monoisotopic (exact) mass is 364 g/mol. The van der Waals surface area contributed by atoms with Gasteiger partial charge in [0.2, 0.25) is 5.91 Å². The van der Waals surface area contributed by atoms with Crippen LogP contribution in [0.4, 0.5) is 5.82 Å². The van der Waals surface area contributed by atoms with E-state index in [1.807, 2.05) is 36.6 Å². The summed E-state index contributed by atoms with van der Waals surface area (Å²) in [5, 5.41) is 12.7. The van der Waals surface area contributed by atoms with Crippen LogP contribution in [0.15, 0.2) is 30.3 Å². The van der Waals surface area contributed by atoms with E-state index < -0.39 is 0 Å². The number of anilines is 1. The molecule has 2 aromatic rings. The van der Waals surface area contributed by atoms with Gasteiger partial charge in [-0.1, -0.05) is 37.3 Å². The van der Waals surface area contributed by atoms with Crippen molar-refractivity contribution >= 4 is 11.7 Å². The van der Waals surface area contributed by atoms with E-state index in [4.69, 9.17) is 0 Å². The van der Waals surface area contributed by atoms with Crippen molar-refractivity contribution in [1.29, 1.82) is 5.26 Å². The fraction of sp³-hybridized carbons (Fsp3) is 0.455. The Morgan fingerprint density at radius 3 is 2.70 bits per heavy atom. The maximum absolute atomic E-state index is 12.7. The third kappa shape index (κ3) is 4.40. The molecule has 5 nitrogen and oxygen atoms in total. The molecule has 1 aliphatic rings. The fourth-order valence-electron chi connectivity index (χ4n) is 3.90. The Bertz CT molecular complexity index is 847. The van der Waals surface area contributed by atoms with Crippen LogP contribution in [-0.2, 0) is 11.3 Å². The van der Waals surface area contributed by atoms with Crippen molar-refractivity contribution in [2.45, 2.75) is 40.2 Å². The van der Waals surface area contributed by atoms with Gasteiger partial charge in [0, 0.05) is 18.8 Å². The lowest BCUT2D eigenvalue weighted by Crippen LogP contribution is -2.40. The van der Waals surface area contributed by atoms with Gasteiger partial charge in [-0.15, -0.1) is 0 Å². The molecule has 1 aromatic heterocycles. The average Bonchev–Trinajstić information content (AvgIpc) is 2.86. The lowest BCUT2D eigenvalue weighted by atomic mass is 10.0. The van der Waals surface area contributed by atoms with Crippen molar-refractivity contribution in [3.8, 4) is 6.07 Å². The number of rotatable bonds is 5. The molecule has 5 heteroatoms. The number of benzene rings is 1. The maximum Gasteiger partial charge on any atom is 0.239 e. The van der Waals surface area contributed by atoms with Crippen LogP contribution < -0.4 is 5.32 Å². The second-order valence-electron chi connectivity index (χ2n) is 7.65. The first-order valence-electron chi connectivity index (χ1n) is 9.65. The molecule has 3 rings (SSSR count). The second-order valence-corrected chi connectivity index (χ2v) is 7.65. The van der Waals surface area contributed by atoms with Crippen molar-refractivity contribution in [3.63, 3.8) is 0 Å². The summed E-state index contributed by atoms with van der Waals surface area (Å²) in [6, 6.07) is 12.4. The molecule has 0 aliphatic carbocycles. The molecule has 1 amide bonds. The third-order valence-corrected chi connectivity index (χ3v) is 5.49. The molecule has 0 spiro atoms. The van der Waals surface area contributed by atoms with Crippen LogP contribution in [0.2, 0.25) is 0 Å². The van der Waals surface area contributed by atoms with Gasteiger partial charge in [-0.05, 0) is 50.3 Å². The van der Waals surface area contributed by atoms with Crippen molar-refractivity contribution in [3.05, 3.63) is 52.7 Å². The molecule has 1 atom stereocenters. The van der Waals surface area contributed by atoms with Crippen molar-refractivity contribution in [1.82, 2.24) is 9.47 Å². The molecule has 27 heavy (non-hydrogen) atoms. The van der Waals surface area contributed by atoms with E-state index in [1.165, 1.54) is 6.42 Å². The molecule has 1 aromatic carbocycles. The SMILES string of the molecule is Cc1c(C#N)c(NC(=O)CN2CCC[C@H](C)C2)n(Cc2ccccc2)c1C. The summed E-state index contributed by atoms with van der Waals surface area (Å²) in [5.41, 5.74) is 3.64. The third-order valence-electron chi connectivity index (χ3n) is 5.49. The van der Waals surface area contributed by atoms with E-state index in [1.54, 1.807) is 0 Å². The number of hydrogen-bond donors (Lipinski definition) is 1. The van der Waals surface area contributed by atoms with E-state index in [2.05, 4.69) is 35.3 Å². The summed E-state index contributed by atoms with van der Waals surface area (Å²) in [4.78, 5) is 14.9. The highest BCUT2D eigenvalue weighted by Gasteiger charge is 2.22. The van der Waals surface area contributed by atoms with Crippen LogP contribution in [0.5, 0.6) is 0 Å². The lowest BCUT2D eigenvalue weighted by Gasteiger charge is -2.30. The van der Waals surface area contributed by atoms with E-state index in [0.29, 0.717) is 30.4 Å². The largest absolute Gasteiger partial charge is 0.326 e. The van der Waals surface area contributed by atoms with E-state index >= 15 is 0 Å². The zero-order chi connectivity index (χ0) is 19.4. The van der Waals surface area contributed by atoms with Crippen LogP contribution >= 0.6 is 0 Å². The smallest absolute Gasteiger partial charge is 0.239 e. The highest BCUT2D eigenvalue weighted by atomic mass is 16.2. The number of aromatic nitrogens is 1. The van der Waals surface area contributed by atoms with Crippen LogP contribution in [0.1, 0.15) is 42.1 Å². The number of carbonyl (C=O) groups is 1. The van der Waals surface area contributed by atoms with Gasteiger partial charge in [0.25, 0.3) is 0 Å². The molecule has 1 aliphatic heterocycles. The topological polar surface area (TPSA) is 61.1 Å². The summed E-state index contributed by atoms with van der Waals surface area (Å²) in [6.07, 6.45) is 2.37. The van der Waals surface area contributed by atoms with Gasteiger partial charge in [-0.2, -0.15) is 5.26 Å². The first kappa shape index (κ1) is 19.2. The Hall–Kier alpha value is -2.58. The number of amides is 1. The van der Waals surface area contributed by atoms with Gasteiger partial charge in [-0.25, -0.2) is 0 Å². The van der Waals surface area contributed by atoms with E-state index in [-0.39, 0.29) is 5.91 Å². The Balaban J connectivity index is 1.82. The maximum atomic E-state index is 12.7. The lowest BCUT2D eigenvalue weighted by molar-refractivity contribution is -0.117. The minimum absolute atomic E-state index is 0.0487. The van der Waals surface area contributed by atoms with Crippen LogP contribution in [0.25, 0.3) is 0 Å². The number of nitrogens with zero attached hydrogens (tertiary/aromatic N) is 3. The normalized spacial score (nSPS) is 17.5. The zero-order valence-electron chi connectivity index (χ0n) is 16.5. The number of hydrogen-bond acceptors (Lipinski definition) is 3. The summed E-state index contributed by atoms with van der Waals surface area (Å²) in [7, 11) is 0. The van der Waals surface area contributed by atoms with Crippen molar-refractivity contribution in [2.75, 3.05) is 25.0 Å². The fourth-order valence-corrected chi connectivity index (χ4v) is 3.90. The summed E-state index contributed by atoms with van der Waals surface area (Å²) >= 11 is 0. The van der Waals surface area contributed by atoms with Crippen LogP contribution in [-0.4, -0.2) is 35.0 Å². The number of likely N-dealkylation sites (tertiary alicyclic amines) is 1. The standard InChI is InChI=1S/C22H28N4O/c1-16-8-7-11-25(13-16)15-21(27)24-22-20(12-23)17(2)18(3)26(22)14-19-9-5-4-6-10-19/h4-6,9-10,16H,7-8,11,13-15H2,1-3H3,(H,24,27)/t16-/m0/s1. The Morgan fingerprint density at radius 1 is 1.30 bits per heavy atom. The quantitative estimate of drug-likeness (QED) is 0.880. The van der Waals surface area contributed by atoms with E-state index in [0.717, 1.165) is 36.3 Å². The van der Waals surface area contributed by atoms with Gasteiger partial charge in [0.15, 0.2) is 0 Å². The predicted molar refractivity (Wildman–Crippen MR) is 108 cm³/mol. The van der Waals surface area contributed by atoms with E-state index in [9.17, 15) is 10.1 Å². The first-order valence-corrected chi connectivity index (χ1v) is 9.65. The molecule has 0 unspecified atom stereocenters. The van der Waals surface area contributed by atoms with Gasteiger partial charge in [-0.3, -0.25) is 9.69 Å². The van der Waals surface area contributed by atoms with Gasteiger partial charge < -0.3 is 9.88 Å².